The summed E-state index contributed by atoms with van der Waals surface area (Å²) < 4.78 is 5.40. The van der Waals surface area contributed by atoms with Crippen LogP contribution in [0.2, 0.25) is 0 Å². The van der Waals surface area contributed by atoms with Gasteiger partial charge in [0.15, 0.2) is 5.82 Å². The molecule has 5 nitrogen and oxygen atoms in total. The van der Waals surface area contributed by atoms with E-state index in [1.54, 1.807) is 0 Å². The molecule has 1 N–H and O–H groups in total. The average molecular weight is 278 g/mol. The van der Waals surface area contributed by atoms with Crippen molar-refractivity contribution in [2.75, 3.05) is 13.1 Å². The fourth-order valence-corrected chi connectivity index (χ4v) is 2.89. The Labute approximate surface area is 121 Å². The maximum absolute atomic E-state index is 5.40. The lowest BCUT2D eigenvalue weighted by atomic mass is 10.0. The first-order chi connectivity index (χ1) is 9.72. The lowest BCUT2D eigenvalue weighted by molar-refractivity contribution is 0.184. The van der Waals surface area contributed by atoms with Crippen LogP contribution in [0.5, 0.6) is 0 Å². The first-order valence-corrected chi connectivity index (χ1v) is 8.02. The van der Waals surface area contributed by atoms with E-state index in [1.165, 1.54) is 38.6 Å². The number of nitrogens with one attached hydrogen (secondary N) is 1. The predicted octanol–water partition coefficient (Wildman–Crippen LogP) is 2.30. The highest BCUT2D eigenvalue weighted by atomic mass is 16.5. The Kier molecular flexibility index (Phi) is 4.36. The molecule has 2 fully saturated rings. The molecule has 3 rings (SSSR count). The summed E-state index contributed by atoms with van der Waals surface area (Å²) in [5.74, 6) is 1.94. The highest BCUT2D eigenvalue weighted by molar-refractivity contribution is 4.94. The van der Waals surface area contributed by atoms with Gasteiger partial charge in [0, 0.05) is 24.5 Å². The molecule has 1 aromatic heterocycles. The van der Waals surface area contributed by atoms with E-state index in [9.17, 15) is 0 Å². The Morgan fingerprint density at radius 1 is 1.30 bits per heavy atom. The molecule has 0 bridgehead atoms. The van der Waals surface area contributed by atoms with Gasteiger partial charge in [0.25, 0.3) is 0 Å². The quantitative estimate of drug-likeness (QED) is 0.865. The second-order valence-corrected chi connectivity index (χ2v) is 6.51. The van der Waals surface area contributed by atoms with E-state index < -0.39 is 0 Å². The summed E-state index contributed by atoms with van der Waals surface area (Å²) in [4.78, 5) is 7.04. The van der Waals surface area contributed by atoms with Crippen LogP contribution in [0.1, 0.15) is 63.6 Å². The molecule has 1 atom stereocenters. The maximum atomic E-state index is 5.40. The van der Waals surface area contributed by atoms with Crippen molar-refractivity contribution < 1.29 is 4.52 Å². The predicted molar refractivity (Wildman–Crippen MR) is 77.5 cm³/mol. The third-order valence-corrected chi connectivity index (χ3v) is 4.27. The van der Waals surface area contributed by atoms with Gasteiger partial charge in [-0.3, -0.25) is 4.90 Å². The molecular weight excluding hydrogens is 252 g/mol. The summed E-state index contributed by atoms with van der Waals surface area (Å²) in [5, 5.41) is 7.70. The Morgan fingerprint density at radius 3 is 2.75 bits per heavy atom. The van der Waals surface area contributed by atoms with Crippen LogP contribution in [0.4, 0.5) is 0 Å². The summed E-state index contributed by atoms with van der Waals surface area (Å²) in [5.41, 5.74) is 0. The molecule has 112 valence electrons. The van der Waals surface area contributed by atoms with Gasteiger partial charge in [0.1, 0.15) is 0 Å². The molecule has 1 unspecified atom stereocenters. The minimum atomic E-state index is 0.335. The number of hydrogen-bond acceptors (Lipinski definition) is 5. The van der Waals surface area contributed by atoms with E-state index in [0.29, 0.717) is 12.0 Å². The van der Waals surface area contributed by atoms with Crippen LogP contribution in [0.25, 0.3) is 0 Å². The summed E-state index contributed by atoms with van der Waals surface area (Å²) in [7, 11) is 0. The van der Waals surface area contributed by atoms with E-state index in [0.717, 1.165) is 30.8 Å². The lowest BCUT2D eigenvalue weighted by Gasteiger charge is -2.29. The molecule has 1 aliphatic heterocycles. The Hall–Kier alpha value is -0.940. The summed E-state index contributed by atoms with van der Waals surface area (Å²) in [6.45, 7) is 7.28. The van der Waals surface area contributed by atoms with Crippen molar-refractivity contribution in [3.8, 4) is 0 Å². The molecule has 1 saturated heterocycles. The van der Waals surface area contributed by atoms with Crippen molar-refractivity contribution in [1.29, 1.82) is 0 Å². The van der Waals surface area contributed by atoms with Crippen LogP contribution < -0.4 is 5.32 Å². The Bertz CT molecular complexity index is 421. The monoisotopic (exact) mass is 278 g/mol. The van der Waals surface area contributed by atoms with Crippen molar-refractivity contribution in [2.24, 2.45) is 0 Å². The third kappa shape index (κ3) is 3.58. The van der Waals surface area contributed by atoms with Crippen molar-refractivity contribution >= 4 is 0 Å². The normalized spacial score (nSPS) is 23.7. The number of hydrogen-bond donors (Lipinski definition) is 1. The number of rotatable bonds is 6. The van der Waals surface area contributed by atoms with Gasteiger partial charge in [-0.2, -0.15) is 4.98 Å². The van der Waals surface area contributed by atoms with Gasteiger partial charge in [-0.05, 0) is 32.2 Å². The zero-order chi connectivity index (χ0) is 13.9. The molecule has 0 aromatic carbocycles. The molecule has 1 saturated carbocycles. The largest absolute Gasteiger partial charge is 0.338 e. The molecule has 2 heterocycles. The average Bonchev–Trinajstić information content (AvgIpc) is 3.19. The van der Waals surface area contributed by atoms with Gasteiger partial charge in [-0.15, -0.1) is 0 Å². The second-order valence-electron chi connectivity index (χ2n) is 6.51. The first-order valence-electron chi connectivity index (χ1n) is 8.02. The zero-order valence-corrected chi connectivity index (χ0v) is 12.6. The van der Waals surface area contributed by atoms with Crippen molar-refractivity contribution in [3.63, 3.8) is 0 Å². The molecule has 20 heavy (non-hydrogen) atoms. The van der Waals surface area contributed by atoms with Crippen molar-refractivity contribution in [1.82, 2.24) is 20.4 Å². The molecule has 5 heteroatoms. The Morgan fingerprint density at radius 2 is 2.15 bits per heavy atom. The van der Waals surface area contributed by atoms with Crippen LogP contribution in [0, 0.1) is 0 Å². The molecular formula is C15H26N4O. The van der Waals surface area contributed by atoms with E-state index in [1.807, 2.05) is 0 Å². The van der Waals surface area contributed by atoms with Crippen LogP contribution in [-0.4, -0.2) is 40.2 Å². The van der Waals surface area contributed by atoms with E-state index in [2.05, 4.69) is 34.2 Å². The summed E-state index contributed by atoms with van der Waals surface area (Å²) in [6, 6.07) is 1.37. The minimum absolute atomic E-state index is 0.335. The van der Waals surface area contributed by atoms with Crippen LogP contribution >= 0.6 is 0 Å². The minimum Gasteiger partial charge on any atom is -0.338 e. The maximum Gasteiger partial charge on any atom is 0.240 e. The topological polar surface area (TPSA) is 54.2 Å². The molecule has 2 aliphatic rings. The van der Waals surface area contributed by atoms with Crippen LogP contribution in [0.3, 0.4) is 0 Å². The SMILES string of the molecule is CC(C)c1noc(CN(CC2CCCCN2)C2CC2)n1. The number of nitrogens with zero attached hydrogens (tertiary/aromatic N) is 3. The van der Waals surface area contributed by atoms with Gasteiger partial charge in [0.05, 0.1) is 6.54 Å². The first kappa shape index (κ1) is 14.0. The van der Waals surface area contributed by atoms with Gasteiger partial charge in [0.2, 0.25) is 5.89 Å². The number of aromatic nitrogens is 2. The second kappa shape index (κ2) is 6.22. The zero-order valence-electron chi connectivity index (χ0n) is 12.6. The van der Waals surface area contributed by atoms with Gasteiger partial charge >= 0.3 is 0 Å². The standard InChI is InChI=1S/C15H26N4O/c1-11(2)15-17-14(20-18-15)10-19(13-6-7-13)9-12-5-3-4-8-16-12/h11-13,16H,3-10H2,1-2H3. The van der Waals surface area contributed by atoms with Crippen molar-refractivity contribution in [3.05, 3.63) is 11.7 Å². The molecule has 0 radical (unpaired) electrons. The fourth-order valence-electron chi connectivity index (χ4n) is 2.89. The van der Waals surface area contributed by atoms with E-state index >= 15 is 0 Å². The number of piperidine rings is 1. The highest BCUT2D eigenvalue weighted by Crippen LogP contribution is 2.29. The van der Waals surface area contributed by atoms with Gasteiger partial charge in [-0.25, -0.2) is 0 Å². The van der Waals surface area contributed by atoms with Gasteiger partial charge in [-0.1, -0.05) is 25.4 Å². The third-order valence-electron chi connectivity index (χ3n) is 4.27. The van der Waals surface area contributed by atoms with Crippen molar-refractivity contribution in [2.45, 2.75) is 70.5 Å². The lowest BCUT2D eigenvalue weighted by Crippen LogP contribution is -2.44. The molecule has 0 spiro atoms. The summed E-state index contributed by atoms with van der Waals surface area (Å²) in [6.07, 6.45) is 6.61. The van der Waals surface area contributed by atoms with Crippen LogP contribution in [0.15, 0.2) is 4.52 Å². The summed E-state index contributed by atoms with van der Waals surface area (Å²) >= 11 is 0. The fraction of sp³-hybridized carbons (Fsp3) is 0.867. The van der Waals surface area contributed by atoms with Gasteiger partial charge < -0.3 is 9.84 Å². The smallest absolute Gasteiger partial charge is 0.240 e. The van der Waals surface area contributed by atoms with E-state index in [-0.39, 0.29) is 0 Å². The molecule has 1 aliphatic carbocycles. The highest BCUT2D eigenvalue weighted by Gasteiger charge is 2.32. The van der Waals surface area contributed by atoms with Crippen LogP contribution in [-0.2, 0) is 6.54 Å². The van der Waals surface area contributed by atoms with E-state index in [4.69, 9.17) is 4.52 Å². The molecule has 0 amide bonds. The molecule has 1 aromatic rings. The Balaban J connectivity index is 1.58.